The van der Waals surface area contributed by atoms with Crippen LogP contribution in [0.5, 0.6) is 0 Å². The van der Waals surface area contributed by atoms with Crippen LogP contribution in [0.25, 0.3) is 0 Å². The van der Waals surface area contributed by atoms with Crippen LogP contribution in [0, 0.1) is 11.8 Å². The van der Waals surface area contributed by atoms with Crippen molar-refractivity contribution in [2.45, 2.75) is 90.4 Å². The third kappa shape index (κ3) is 18.8. The van der Waals surface area contributed by atoms with E-state index in [2.05, 4.69) is 24.8 Å². The summed E-state index contributed by atoms with van der Waals surface area (Å²) in [7, 11) is 0. The standard InChI is InChI=1S/C19H32O2/c1-2-3-4-5-6-7-8-9-10-11-12-13-14-15-16-17-18-19(20)21/h7-8H,2-6,11-18H2,1H3,(H,20,21)/b8-7+. The van der Waals surface area contributed by atoms with E-state index in [1.807, 2.05) is 6.08 Å². The molecule has 0 saturated heterocycles. The molecule has 1 N–H and O–H groups in total. The zero-order valence-corrected chi connectivity index (χ0v) is 13.7. The van der Waals surface area contributed by atoms with Crippen LogP contribution in [-0.2, 0) is 4.79 Å². The maximum atomic E-state index is 10.3. The number of hydrogen-bond donors (Lipinski definition) is 1. The van der Waals surface area contributed by atoms with Crippen LogP contribution in [0.3, 0.4) is 0 Å². The Morgan fingerprint density at radius 3 is 2.33 bits per heavy atom. The highest BCUT2D eigenvalue weighted by Crippen LogP contribution is 2.08. The van der Waals surface area contributed by atoms with Crippen molar-refractivity contribution in [3.05, 3.63) is 12.2 Å². The molecule has 0 aromatic heterocycles. The molecule has 0 bridgehead atoms. The summed E-state index contributed by atoms with van der Waals surface area (Å²) < 4.78 is 0. The first kappa shape index (κ1) is 19.8. The fraction of sp³-hybridized carbons (Fsp3) is 0.737. The van der Waals surface area contributed by atoms with E-state index in [0.29, 0.717) is 6.42 Å². The van der Waals surface area contributed by atoms with Crippen LogP contribution >= 0.6 is 0 Å². The lowest BCUT2D eigenvalue weighted by atomic mass is 10.1. The smallest absolute Gasteiger partial charge is 0.303 e. The molecule has 0 spiro atoms. The lowest BCUT2D eigenvalue weighted by Crippen LogP contribution is -1.93. The zero-order chi connectivity index (χ0) is 15.6. The number of hydrogen-bond acceptors (Lipinski definition) is 1. The van der Waals surface area contributed by atoms with E-state index in [0.717, 1.165) is 38.5 Å². The minimum Gasteiger partial charge on any atom is -0.481 e. The monoisotopic (exact) mass is 292 g/mol. The molecule has 0 amide bonds. The van der Waals surface area contributed by atoms with Crippen molar-refractivity contribution in [1.82, 2.24) is 0 Å². The van der Waals surface area contributed by atoms with Gasteiger partial charge in [-0.05, 0) is 31.8 Å². The average Bonchev–Trinajstić information content (AvgIpc) is 2.46. The maximum Gasteiger partial charge on any atom is 0.303 e. The number of unbranched alkanes of at least 4 members (excludes halogenated alkanes) is 10. The third-order valence-electron chi connectivity index (χ3n) is 3.47. The van der Waals surface area contributed by atoms with Gasteiger partial charge in [0.1, 0.15) is 0 Å². The Morgan fingerprint density at radius 2 is 1.62 bits per heavy atom. The summed E-state index contributed by atoms with van der Waals surface area (Å²) in [6, 6.07) is 0. The summed E-state index contributed by atoms with van der Waals surface area (Å²) in [5, 5.41) is 8.51. The van der Waals surface area contributed by atoms with Gasteiger partial charge < -0.3 is 5.11 Å². The fourth-order valence-electron chi connectivity index (χ4n) is 2.16. The summed E-state index contributed by atoms with van der Waals surface area (Å²) in [5.41, 5.74) is 0. The van der Waals surface area contributed by atoms with Gasteiger partial charge in [-0.2, -0.15) is 0 Å². The van der Waals surface area contributed by atoms with Crippen LogP contribution in [0.2, 0.25) is 0 Å². The van der Waals surface area contributed by atoms with Gasteiger partial charge in [0.2, 0.25) is 0 Å². The number of carbonyl (C=O) groups is 1. The molecule has 0 heterocycles. The molecule has 2 heteroatoms. The Hall–Kier alpha value is -1.23. The minimum atomic E-state index is -0.677. The van der Waals surface area contributed by atoms with E-state index in [4.69, 9.17) is 5.11 Å². The minimum absolute atomic E-state index is 0.316. The predicted molar refractivity (Wildman–Crippen MR) is 90.2 cm³/mol. The molecule has 2 nitrogen and oxygen atoms in total. The molecule has 0 aliphatic rings. The largest absolute Gasteiger partial charge is 0.481 e. The number of carboxylic acids is 1. The molecular weight excluding hydrogens is 260 g/mol. The van der Waals surface area contributed by atoms with E-state index in [-0.39, 0.29) is 0 Å². The Labute approximate surface area is 131 Å². The quantitative estimate of drug-likeness (QED) is 0.348. The highest BCUT2D eigenvalue weighted by Gasteiger charge is 1.95. The molecular formula is C19H32O2. The maximum absolute atomic E-state index is 10.3. The molecule has 0 unspecified atom stereocenters. The van der Waals surface area contributed by atoms with Gasteiger partial charge in [-0.25, -0.2) is 0 Å². The first-order valence-electron chi connectivity index (χ1n) is 8.62. The van der Waals surface area contributed by atoms with Gasteiger partial charge in [-0.15, -0.1) is 0 Å². The Kier molecular flexibility index (Phi) is 15.8. The van der Waals surface area contributed by atoms with Crippen LogP contribution in [0.1, 0.15) is 90.4 Å². The number of carboxylic acid groups (broad SMARTS) is 1. The van der Waals surface area contributed by atoms with E-state index in [1.165, 1.54) is 38.5 Å². The zero-order valence-electron chi connectivity index (χ0n) is 13.7. The summed E-state index contributed by atoms with van der Waals surface area (Å²) in [6.07, 6.45) is 18.5. The lowest BCUT2D eigenvalue weighted by molar-refractivity contribution is -0.137. The number of allylic oxidation sites excluding steroid dienone is 2. The van der Waals surface area contributed by atoms with Crippen molar-refractivity contribution >= 4 is 5.97 Å². The highest BCUT2D eigenvalue weighted by atomic mass is 16.4. The second kappa shape index (κ2) is 16.8. The van der Waals surface area contributed by atoms with Crippen LogP contribution in [0.4, 0.5) is 0 Å². The molecule has 0 aromatic carbocycles. The van der Waals surface area contributed by atoms with Crippen molar-refractivity contribution in [3.63, 3.8) is 0 Å². The molecule has 0 aliphatic carbocycles. The van der Waals surface area contributed by atoms with Gasteiger partial charge in [-0.3, -0.25) is 4.79 Å². The molecule has 0 aliphatic heterocycles. The van der Waals surface area contributed by atoms with Gasteiger partial charge in [0.15, 0.2) is 0 Å². The fourth-order valence-corrected chi connectivity index (χ4v) is 2.16. The number of aliphatic carboxylic acids is 1. The predicted octanol–water partition coefficient (Wildman–Crippen LogP) is 5.72. The van der Waals surface area contributed by atoms with E-state index >= 15 is 0 Å². The van der Waals surface area contributed by atoms with Crippen LogP contribution in [0.15, 0.2) is 12.2 Å². The Morgan fingerprint density at radius 1 is 0.952 bits per heavy atom. The summed E-state index contributed by atoms with van der Waals surface area (Å²) in [5.74, 6) is 5.62. The molecule has 0 atom stereocenters. The summed E-state index contributed by atoms with van der Waals surface area (Å²) in [4.78, 5) is 10.3. The molecule has 0 rings (SSSR count). The van der Waals surface area contributed by atoms with Gasteiger partial charge in [0, 0.05) is 12.8 Å². The first-order chi connectivity index (χ1) is 10.3. The SMILES string of the molecule is CCCCCC/C=C/C#CCCCCCCCCC(=O)O. The normalized spacial score (nSPS) is 10.5. The van der Waals surface area contributed by atoms with Gasteiger partial charge in [0.25, 0.3) is 0 Å². The van der Waals surface area contributed by atoms with Crippen LogP contribution < -0.4 is 0 Å². The summed E-state index contributed by atoms with van der Waals surface area (Å²) >= 11 is 0. The molecule has 0 aromatic rings. The molecule has 120 valence electrons. The third-order valence-corrected chi connectivity index (χ3v) is 3.47. The van der Waals surface area contributed by atoms with Gasteiger partial charge >= 0.3 is 5.97 Å². The van der Waals surface area contributed by atoms with Crippen molar-refractivity contribution in [1.29, 1.82) is 0 Å². The van der Waals surface area contributed by atoms with Crippen molar-refractivity contribution in [2.24, 2.45) is 0 Å². The topological polar surface area (TPSA) is 37.3 Å². The van der Waals surface area contributed by atoms with Crippen LogP contribution in [-0.4, -0.2) is 11.1 Å². The van der Waals surface area contributed by atoms with E-state index < -0.39 is 5.97 Å². The van der Waals surface area contributed by atoms with Crippen molar-refractivity contribution in [2.75, 3.05) is 0 Å². The Balaban J connectivity index is 3.22. The summed E-state index contributed by atoms with van der Waals surface area (Å²) in [6.45, 7) is 2.23. The lowest BCUT2D eigenvalue weighted by Gasteiger charge is -1.98. The van der Waals surface area contributed by atoms with Crippen molar-refractivity contribution in [3.8, 4) is 11.8 Å². The molecule has 0 saturated carbocycles. The van der Waals surface area contributed by atoms with Gasteiger partial charge in [0.05, 0.1) is 0 Å². The van der Waals surface area contributed by atoms with E-state index in [1.54, 1.807) is 0 Å². The molecule has 0 radical (unpaired) electrons. The van der Waals surface area contributed by atoms with Crippen molar-refractivity contribution < 1.29 is 9.90 Å². The average molecular weight is 292 g/mol. The Bertz CT molecular complexity index is 320. The van der Waals surface area contributed by atoms with Gasteiger partial charge in [-0.1, -0.05) is 69.8 Å². The number of rotatable bonds is 13. The van der Waals surface area contributed by atoms with E-state index in [9.17, 15) is 4.79 Å². The second-order valence-electron chi connectivity index (χ2n) is 5.59. The molecule has 0 fully saturated rings. The molecule has 21 heavy (non-hydrogen) atoms. The highest BCUT2D eigenvalue weighted by molar-refractivity contribution is 5.66. The first-order valence-corrected chi connectivity index (χ1v) is 8.62. The second-order valence-corrected chi connectivity index (χ2v) is 5.59.